The number of rotatable bonds is 4. The number of carbonyl (C=O) groups is 2. The van der Waals surface area contributed by atoms with Gasteiger partial charge >= 0.3 is 11.9 Å². The molecular formula is C11H15N3O4. The minimum absolute atomic E-state index is 0.0191. The highest BCUT2D eigenvalue weighted by molar-refractivity contribution is 5.91. The van der Waals surface area contributed by atoms with Gasteiger partial charge in [-0.25, -0.2) is 9.78 Å². The molecule has 0 aromatic carbocycles. The molecule has 0 spiro atoms. The van der Waals surface area contributed by atoms with Gasteiger partial charge in [0, 0.05) is 13.2 Å². The summed E-state index contributed by atoms with van der Waals surface area (Å²) in [6.45, 7) is 0.0191. The van der Waals surface area contributed by atoms with Gasteiger partial charge in [-0.05, 0) is 6.07 Å². The summed E-state index contributed by atoms with van der Waals surface area (Å²) in [6.07, 6.45) is 1.34. The Morgan fingerprint density at radius 3 is 2.56 bits per heavy atom. The summed E-state index contributed by atoms with van der Waals surface area (Å²) in [5, 5.41) is 0. The molecule has 0 fully saturated rings. The first-order valence-corrected chi connectivity index (χ1v) is 5.11. The molecule has 7 nitrogen and oxygen atoms in total. The minimum Gasteiger partial charge on any atom is -0.468 e. The number of aromatic nitrogens is 1. The molecule has 0 saturated carbocycles. The number of hydrogen-bond acceptors (Lipinski definition) is 7. The molecule has 0 aliphatic carbocycles. The molecule has 1 aromatic heterocycles. The van der Waals surface area contributed by atoms with Crippen LogP contribution in [0.1, 0.15) is 10.4 Å². The average Bonchev–Trinajstić information content (AvgIpc) is 2.37. The van der Waals surface area contributed by atoms with Gasteiger partial charge in [-0.3, -0.25) is 4.79 Å². The normalized spacial score (nSPS) is 9.72. The van der Waals surface area contributed by atoms with Crippen molar-refractivity contribution in [2.45, 2.75) is 0 Å². The van der Waals surface area contributed by atoms with E-state index in [1.807, 2.05) is 0 Å². The Bertz CT molecular complexity index is 462. The van der Waals surface area contributed by atoms with Crippen molar-refractivity contribution in [3.05, 3.63) is 17.8 Å². The van der Waals surface area contributed by atoms with Crippen LogP contribution in [0.4, 0.5) is 11.5 Å². The van der Waals surface area contributed by atoms with Gasteiger partial charge in [-0.2, -0.15) is 0 Å². The van der Waals surface area contributed by atoms with E-state index < -0.39 is 11.9 Å². The predicted octanol–water partition coefficient (Wildman–Crippen LogP) is 0.0596. The van der Waals surface area contributed by atoms with Crippen molar-refractivity contribution in [3.8, 4) is 0 Å². The van der Waals surface area contributed by atoms with Gasteiger partial charge in [0.15, 0.2) is 5.82 Å². The average molecular weight is 253 g/mol. The van der Waals surface area contributed by atoms with E-state index >= 15 is 0 Å². The summed E-state index contributed by atoms with van der Waals surface area (Å²) < 4.78 is 9.09. The van der Waals surface area contributed by atoms with Crippen LogP contribution < -0.4 is 10.6 Å². The van der Waals surface area contributed by atoms with Crippen LogP contribution in [0.15, 0.2) is 12.3 Å². The highest BCUT2D eigenvalue weighted by atomic mass is 16.5. The quantitative estimate of drug-likeness (QED) is 0.758. The molecule has 0 atom stereocenters. The standard InChI is InChI=1S/C11H15N3O4/c1-14(6-9(15)17-2)10-8(12)4-7(5-13-10)11(16)18-3/h4-5H,6,12H2,1-3H3. The first kappa shape index (κ1) is 13.8. The van der Waals surface area contributed by atoms with Gasteiger partial charge in [0.2, 0.25) is 0 Å². The SMILES string of the molecule is COC(=O)CN(C)c1ncc(C(=O)OC)cc1N. The van der Waals surface area contributed by atoms with Crippen molar-refractivity contribution in [2.24, 2.45) is 0 Å². The van der Waals surface area contributed by atoms with Gasteiger partial charge in [-0.1, -0.05) is 0 Å². The Morgan fingerprint density at radius 1 is 1.39 bits per heavy atom. The Morgan fingerprint density at radius 2 is 2.06 bits per heavy atom. The van der Waals surface area contributed by atoms with E-state index in [1.165, 1.54) is 31.4 Å². The molecule has 2 N–H and O–H groups in total. The number of anilines is 2. The lowest BCUT2D eigenvalue weighted by atomic mass is 10.2. The van der Waals surface area contributed by atoms with Crippen molar-refractivity contribution in [3.63, 3.8) is 0 Å². The summed E-state index contributed by atoms with van der Waals surface area (Å²) in [6, 6.07) is 1.45. The highest BCUT2D eigenvalue weighted by Gasteiger charge is 2.14. The van der Waals surface area contributed by atoms with Crippen LogP contribution in [-0.4, -0.2) is 44.7 Å². The Balaban J connectivity index is 2.91. The molecule has 1 rings (SSSR count). The van der Waals surface area contributed by atoms with Crippen molar-refractivity contribution < 1.29 is 19.1 Å². The summed E-state index contributed by atoms with van der Waals surface area (Å²) in [5.41, 5.74) is 6.30. The first-order chi connectivity index (χ1) is 8.49. The number of nitrogen functional groups attached to an aromatic ring is 1. The summed E-state index contributed by atoms with van der Waals surface area (Å²) in [5.74, 6) is -0.528. The van der Waals surface area contributed by atoms with E-state index in [2.05, 4.69) is 14.5 Å². The second-order valence-electron chi connectivity index (χ2n) is 3.56. The maximum absolute atomic E-state index is 11.3. The zero-order valence-electron chi connectivity index (χ0n) is 10.5. The number of nitrogens with zero attached hydrogens (tertiary/aromatic N) is 2. The lowest BCUT2D eigenvalue weighted by Crippen LogP contribution is -2.28. The second kappa shape index (κ2) is 5.85. The van der Waals surface area contributed by atoms with Gasteiger partial charge < -0.3 is 20.1 Å². The van der Waals surface area contributed by atoms with Gasteiger partial charge in [0.1, 0.15) is 6.54 Å². The number of carbonyl (C=O) groups excluding carboxylic acids is 2. The molecule has 7 heteroatoms. The molecule has 0 aliphatic rings. The smallest absolute Gasteiger partial charge is 0.339 e. The number of hydrogen-bond donors (Lipinski definition) is 1. The Labute approximate surface area is 104 Å². The van der Waals surface area contributed by atoms with Crippen molar-refractivity contribution >= 4 is 23.4 Å². The number of esters is 2. The number of pyridine rings is 1. The van der Waals surface area contributed by atoms with E-state index in [0.29, 0.717) is 5.82 Å². The van der Waals surface area contributed by atoms with E-state index in [-0.39, 0.29) is 17.8 Å². The minimum atomic E-state index is -0.517. The zero-order chi connectivity index (χ0) is 13.7. The third kappa shape index (κ3) is 3.09. The molecular weight excluding hydrogens is 238 g/mol. The van der Waals surface area contributed by atoms with Crippen molar-refractivity contribution in [2.75, 3.05) is 38.4 Å². The Hall–Kier alpha value is -2.31. The molecule has 0 amide bonds. The van der Waals surface area contributed by atoms with Gasteiger partial charge in [-0.15, -0.1) is 0 Å². The number of nitrogens with two attached hydrogens (primary N) is 1. The number of likely N-dealkylation sites (N-methyl/N-ethyl adjacent to an activating group) is 1. The van der Waals surface area contributed by atoms with Crippen LogP contribution in [0.3, 0.4) is 0 Å². The van der Waals surface area contributed by atoms with Gasteiger partial charge in [0.25, 0.3) is 0 Å². The summed E-state index contributed by atoms with van der Waals surface area (Å²) >= 11 is 0. The highest BCUT2D eigenvalue weighted by Crippen LogP contribution is 2.20. The lowest BCUT2D eigenvalue weighted by Gasteiger charge is -2.18. The molecule has 0 aliphatic heterocycles. The summed E-state index contributed by atoms with van der Waals surface area (Å²) in [7, 11) is 4.22. The fourth-order valence-electron chi connectivity index (χ4n) is 1.36. The maximum Gasteiger partial charge on any atom is 0.339 e. The fourth-order valence-corrected chi connectivity index (χ4v) is 1.36. The monoisotopic (exact) mass is 253 g/mol. The van der Waals surface area contributed by atoms with Crippen LogP contribution in [-0.2, 0) is 14.3 Å². The molecule has 18 heavy (non-hydrogen) atoms. The van der Waals surface area contributed by atoms with Crippen LogP contribution >= 0.6 is 0 Å². The second-order valence-corrected chi connectivity index (χ2v) is 3.56. The van der Waals surface area contributed by atoms with E-state index in [4.69, 9.17) is 5.73 Å². The third-order valence-corrected chi connectivity index (χ3v) is 2.27. The maximum atomic E-state index is 11.3. The van der Waals surface area contributed by atoms with E-state index in [0.717, 1.165) is 0 Å². The third-order valence-electron chi connectivity index (χ3n) is 2.27. The molecule has 1 heterocycles. The lowest BCUT2D eigenvalue weighted by molar-refractivity contribution is -0.138. The predicted molar refractivity (Wildman–Crippen MR) is 65.3 cm³/mol. The largest absolute Gasteiger partial charge is 0.468 e. The van der Waals surface area contributed by atoms with Crippen LogP contribution in [0.25, 0.3) is 0 Å². The molecule has 1 aromatic rings. The molecule has 98 valence electrons. The fraction of sp³-hybridized carbons (Fsp3) is 0.364. The molecule has 0 unspecified atom stereocenters. The summed E-state index contributed by atoms with van der Waals surface area (Å²) in [4.78, 5) is 27.9. The van der Waals surface area contributed by atoms with Crippen LogP contribution in [0.2, 0.25) is 0 Å². The number of methoxy groups -OCH3 is 2. The van der Waals surface area contributed by atoms with Crippen LogP contribution in [0, 0.1) is 0 Å². The zero-order valence-corrected chi connectivity index (χ0v) is 10.5. The van der Waals surface area contributed by atoms with E-state index in [9.17, 15) is 9.59 Å². The number of ether oxygens (including phenoxy) is 2. The first-order valence-electron chi connectivity index (χ1n) is 5.11. The topological polar surface area (TPSA) is 94.8 Å². The molecule has 0 bridgehead atoms. The molecule has 0 radical (unpaired) electrons. The molecule has 0 saturated heterocycles. The van der Waals surface area contributed by atoms with Crippen molar-refractivity contribution in [1.82, 2.24) is 4.98 Å². The van der Waals surface area contributed by atoms with Crippen molar-refractivity contribution in [1.29, 1.82) is 0 Å². The van der Waals surface area contributed by atoms with Crippen LogP contribution in [0.5, 0.6) is 0 Å². The Kier molecular flexibility index (Phi) is 4.47. The van der Waals surface area contributed by atoms with Gasteiger partial charge in [0.05, 0.1) is 25.5 Å². The van der Waals surface area contributed by atoms with E-state index in [1.54, 1.807) is 7.05 Å².